The molecule has 1 aromatic heterocycles. The zero-order valence-electron chi connectivity index (χ0n) is 18.8. The minimum atomic E-state index is -0.301. The minimum Gasteiger partial charge on any atom is -0.355 e. The van der Waals surface area contributed by atoms with Gasteiger partial charge in [-0.25, -0.2) is 4.39 Å². The number of hydrogen-bond acceptors (Lipinski definition) is 6. The molecule has 0 saturated carbocycles. The molecule has 1 saturated heterocycles. The summed E-state index contributed by atoms with van der Waals surface area (Å²) in [5.74, 6) is 2.59. The molecule has 33 heavy (non-hydrogen) atoms. The van der Waals surface area contributed by atoms with E-state index in [1.54, 1.807) is 12.1 Å². The van der Waals surface area contributed by atoms with Crippen LogP contribution >= 0.6 is 11.8 Å². The van der Waals surface area contributed by atoms with Crippen molar-refractivity contribution < 1.29 is 13.7 Å². The molecule has 2 aromatic carbocycles. The number of nitrogens with zero attached hydrogens (tertiary/aromatic N) is 3. The minimum absolute atomic E-state index is 0.0275. The van der Waals surface area contributed by atoms with E-state index in [0.29, 0.717) is 36.9 Å². The van der Waals surface area contributed by atoms with Gasteiger partial charge in [-0.15, -0.1) is 0 Å². The first-order valence-electron chi connectivity index (χ1n) is 11.3. The van der Waals surface area contributed by atoms with Crippen LogP contribution in [0.4, 0.5) is 4.39 Å². The van der Waals surface area contributed by atoms with E-state index >= 15 is 0 Å². The molecule has 0 radical (unpaired) electrons. The first-order chi connectivity index (χ1) is 16.1. The van der Waals surface area contributed by atoms with Crippen molar-refractivity contribution >= 4 is 17.7 Å². The van der Waals surface area contributed by atoms with Crippen molar-refractivity contribution in [3.8, 4) is 11.4 Å². The molecule has 3 aromatic rings. The van der Waals surface area contributed by atoms with Gasteiger partial charge in [-0.1, -0.05) is 35.0 Å². The molecule has 8 heteroatoms. The van der Waals surface area contributed by atoms with Gasteiger partial charge in [0.05, 0.1) is 12.5 Å². The second-order valence-corrected chi connectivity index (χ2v) is 9.53. The molecule has 0 bridgehead atoms. The Kier molecular flexibility index (Phi) is 8.12. The van der Waals surface area contributed by atoms with Crippen LogP contribution in [-0.2, 0) is 17.1 Å². The number of aryl methyl sites for hydroxylation is 1. The van der Waals surface area contributed by atoms with Crippen molar-refractivity contribution in [3.05, 3.63) is 71.4 Å². The number of rotatable bonds is 9. The van der Waals surface area contributed by atoms with Crippen LogP contribution in [0.15, 0.2) is 53.1 Å². The van der Waals surface area contributed by atoms with Crippen molar-refractivity contribution in [3.63, 3.8) is 0 Å². The molecule has 2 heterocycles. The van der Waals surface area contributed by atoms with E-state index in [1.807, 2.05) is 11.8 Å². The summed E-state index contributed by atoms with van der Waals surface area (Å²) in [6.07, 6.45) is 1.85. The molecule has 1 unspecified atom stereocenters. The van der Waals surface area contributed by atoms with Crippen molar-refractivity contribution in [1.29, 1.82) is 0 Å². The third kappa shape index (κ3) is 6.88. The summed E-state index contributed by atoms with van der Waals surface area (Å²) in [5, 5.41) is 7.10. The van der Waals surface area contributed by atoms with Gasteiger partial charge in [0.1, 0.15) is 5.82 Å². The van der Waals surface area contributed by atoms with E-state index < -0.39 is 0 Å². The lowest BCUT2D eigenvalue weighted by molar-refractivity contribution is -0.126. The number of amides is 1. The molecular weight excluding hydrogens is 439 g/mol. The van der Waals surface area contributed by atoms with E-state index in [4.69, 9.17) is 4.52 Å². The molecule has 1 N–H and O–H groups in total. The Bertz CT molecular complexity index is 1040. The van der Waals surface area contributed by atoms with Crippen LogP contribution in [0.3, 0.4) is 0 Å². The molecule has 174 valence electrons. The molecule has 1 atom stereocenters. The van der Waals surface area contributed by atoms with E-state index in [-0.39, 0.29) is 17.6 Å². The Hall–Kier alpha value is -2.71. The van der Waals surface area contributed by atoms with Crippen molar-refractivity contribution in [1.82, 2.24) is 20.4 Å². The summed E-state index contributed by atoms with van der Waals surface area (Å²) >= 11 is 1.83. The Labute approximate surface area is 197 Å². The number of carbonyl (C=O) groups is 1. The monoisotopic (exact) mass is 468 g/mol. The van der Waals surface area contributed by atoms with Gasteiger partial charge >= 0.3 is 0 Å². The highest BCUT2D eigenvalue weighted by atomic mass is 32.2. The van der Waals surface area contributed by atoms with Crippen LogP contribution in [0.2, 0.25) is 0 Å². The number of piperidine rings is 1. The molecule has 1 amide bonds. The molecule has 1 aliphatic rings. The number of carbonyl (C=O) groups excluding carboxylic acids is 1. The molecule has 0 spiro atoms. The van der Waals surface area contributed by atoms with Gasteiger partial charge in [0.2, 0.25) is 17.6 Å². The van der Waals surface area contributed by atoms with Gasteiger partial charge in [0.25, 0.3) is 0 Å². The van der Waals surface area contributed by atoms with Gasteiger partial charge < -0.3 is 9.84 Å². The summed E-state index contributed by atoms with van der Waals surface area (Å²) < 4.78 is 18.5. The summed E-state index contributed by atoms with van der Waals surface area (Å²) in [6, 6.07) is 14.6. The zero-order chi connectivity index (χ0) is 23.0. The van der Waals surface area contributed by atoms with Crippen LogP contribution in [0, 0.1) is 18.7 Å². The number of halogens is 1. The van der Waals surface area contributed by atoms with Crippen molar-refractivity contribution in [2.24, 2.45) is 5.92 Å². The summed E-state index contributed by atoms with van der Waals surface area (Å²) in [7, 11) is 0. The highest BCUT2D eigenvalue weighted by molar-refractivity contribution is 7.98. The van der Waals surface area contributed by atoms with Crippen molar-refractivity contribution in [2.75, 3.05) is 25.4 Å². The third-order valence-corrected chi connectivity index (χ3v) is 6.77. The summed E-state index contributed by atoms with van der Waals surface area (Å²) in [6.45, 7) is 4.84. The first kappa shape index (κ1) is 23.4. The topological polar surface area (TPSA) is 71.3 Å². The lowest BCUT2D eigenvalue weighted by atomic mass is 9.97. The fourth-order valence-electron chi connectivity index (χ4n) is 3.90. The largest absolute Gasteiger partial charge is 0.355 e. The summed E-state index contributed by atoms with van der Waals surface area (Å²) in [4.78, 5) is 19.3. The Balaban J connectivity index is 1.19. The van der Waals surface area contributed by atoms with Gasteiger partial charge in [-0.05, 0) is 56.1 Å². The van der Waals surface area contributed by atoms with Crippen LogP contribution in [0.25, 0.3) is 11.4 Å². The van der Waals surface area contributed by atoms with E-state index in [2.05, 4.69) is 51.5 Å². The van der Waals surface area contributed by atoms with Crippen LogP contribution in [0.1, 0.15) is 29.9 Å². The molecule has 1 aliphatic heterocycles. The number of thioether (sulfide) groups is 1. The zero-order valence-corrected chi connectivity index (χ0v) is 19.6. The standard InChI is InChI=1S/C25H29FN4O2S/c1-18-4-6-19(7-5-18)17-33-14-12-27-25(31)21-3-2-13-30(15-21)16-23-28-24(29-32-23)20-8-10-22(26)11-9-20/h4-11,21H,2-3,12-17H2,1H3,(H,27,31). The SMILES string of the molecule is Cc1ccc(CSCCNC(=O)C2CCCN(Cc3nc(-c4ccc(F)cc4)no3)C2)cc1. The second kappa shape index (κ2) is 11.4. The van der Waals surface area contributed by atoms with E-state index in [0.717, 1.165) is 30.9 Å². The molecule has 4 rings (SSSR count). The van der Waals surface area contributed by atoms with Gasteiger partial charge in [0.15, 0.2) is 0 Å². The Morgan fingerprint density at radius 1 is 1.21 bits per heavy atom. The average Bonchev–Trinajstić information content (AvgIpc) is 3.29. The maximum Gasteiger partial charge on any atom is 0.241 e. The number of benzene rings is 2. The Morgan fingerprint density at radius 2 is 2.00 bits per heavy atom. The third-order valence-electron chi connectivity index (χ3n) is 5.74. The van der Waals surface area contributed by atoms with Crippen LogP contribution < -0.4 is 5.32 Å². The van der Waals surface area contributed by atoms with Gasteiger partial charge in [-0.3, -0.25) is 9.69 Å². The second-order valence-electron chi connectivity index (χ2n) is 8.42. The first-order valence-corrected chi connectivity index (χ1v) is 12.4. The average molecular weight is 469 g/mol. The number of nitrogens with one attached hydrogen (secondary N) is 1. The maximum atomic E-state index is 13.1. The predicted molar refractivity (Wildman–Crippen MR) is 128 cm³/mol. The maximum absolute atomic E-state index is 13.1. The quantitative estimate of drug-likeness (QED) is 0.468. The van der Waals surface area contributed by atoms with Gasteiger partial charge in [0, 0.05) is 30.2 Å². The molecule has 6 nitrogen and oxygen atoms in total. The van der Waals surface area contributed by atoms with Gasteiger partial charge in [-0.2, -0.15) is 16.7 Å². The highest BCUT2D eigenvalue weighted by Gasteiger charge is 2.26. The van der Waals surface area contributed by atoms with E-state index in [1.165, 1.54) is 23.3 Å². The van der Waals surface area contributed by atoms with E-state index in [9.17, 15) is 9.18 Å². The number of aromatic nitrogens is 2. The number of likely N-dealkylation sites (tertiary alicyclic amines) is 1. The molecule has 1 fully saturated rings. The molecular formula is C25H29FN4O2S. The smallest absolute Gasteiger partial charge is 0.241 e. The van der Waals surface area contributed by atoms with Crippen molar-refractivity contribution in [2.45, 2.75) is 32.1 Å². The van der Waals surface area contributed by atoms with Crippen LogP contribution in [0.5, 0.6) is 0 Å². The predicted octanol–water partition coefficient (Wildman–Crippen LogP) is 4.45. The molecule has 0 aliphatic carbocycles. The highest BCUT2D eigenvalue weighted by Crippen LogP contribution is 2.21. The lowest BCUT2D eigenvalue weighted by Crippen LogP contribution is -2.43. The van der Waals surface area contributed by atoms with Crippen LogP contribution in [-0.4, -0.2) is 46.3 Å². The summed E-state index contributed by atoms with van der Waals surface area (Å²) in [5.41, 5.74) is 3.29. The normalized spacial score (nSPS) is 16.6. The Morgan fingerprint density at radius 3 is 2.79 bits per heavy atom. The number of hydrogen-bond donors (Lipinski definition) is 1. The fraction of sp³-hybridized carbons (Fsp3) is 0.400. The lowest BCUT2D eigenvalue weighted by Gasteiger charge is -2.30. The fourth-order valence-corrected chi connectivity index (χ4v) is 4.72.